The number of nitrogens with zero attached hydrogens (tertiary/aromatic N) is 2. The lowest BCUT2D eigenvalue weighted by Crippen LogP contribution is -2.33. The van der Waals surface area contributed by atoms with Crippen LogP contribution in [-0.2, 0) is 11.3 Å². The molecule has 0 spiro atoms. The van der Waals surface area contributed by atoms with Gasteiger partial charge in [0.15, 0.2) is 0 Å². The second kappa shape index (κ2) is 9.09. The van der Waals surface area contributed by atoms with Crippen molar-refractivity contribution in [1.82, 2.24) is 10.3 Å². The van der Waals surface area contributed by atoms with Gasteiger partial charge in [0.2, 0.25) is 5.91 Å². The van der Waals surface area contributed by atoms with Crippen molar-refractivity contribution in [3.8, 4) is 11.5 Å². The van der Waals surface area contributed by atoms with Crippen LogP contribution >= 0.6 is 0 Å². The van der Waals surface area contributed by atoms with E-state index in [1.54, 1.807) is 43.5 Å². The van der Waals surface area contributed by atoms with Crippen LogP contribution in [0.3, 0.4) is 0 Å². The molecule has 2 aromatic carbocycles. The number of aromatic nitrogens is 1. The summed E-state index contributed by atoms with van der Waals surface area (Å²) >= 11 is 0. The predicted octanol–water partition coefficient (Wildman–Crippen LogP) is 3.82. The summed E-state index contributed by atoms with van der Waals surface area (Å²) in [6.45, 7) is 2.29. The second-order valence-electron chi connectivity index (χ2n) is 7.62. The van der Waals surface area contributed by atoms with Crippen LogP contribution in [-0.4, -0.2) is 31.0 Å². The van der Waals surface area contributed by atoms with Crippen LogP contribution < -0.4 is 19.7 Å². The molecule has 0 aliphatic carbocycles. The third-order valence-electron chi connectivity index (χ3n) is 5.58. The number of anilines is 1. The van der Waals surface area contributed by atoms with Crippen LogP contribution in [0, 0.1) is 6.92 Å². The third kappa shape index (κ3) is 4.14. The van der Waals surface area contributed by atoms with Crippen LogP contribution in [0.15, 0.2) is 60.8 Å². The molecule has 2 heterocycles. The summed E-state index contributed by atoms with van der Waals surface area (Å²) < 4.78 is 10.6. The lowest BCUT2D eigenvalue weighted by atomic mass is 10.1. The molecule has 7 heteroatoms. The largest absolute Gasteiger partial charge is 0.497 e. The molecule has 0 saturated heterocycles. The normalized spacial score (nSPS) is 14.8. The van der Waals surface area contributed by atoms with E-state index < -0.39 is 6.04 Å². The molecule has 1 N–H and O–H groups in total. The highest BCUT2D eigenvalue weighted by molar-refractivity contribution is 6.11. The van der Waals surface area contributed by atoms with Crippen molar-refractivity contribution < 1.29 is 19.1 Å². The fourth-order valence-electron chi connectivity index (χ4n) is 3.89. The Kier molecular flexibility index (Phi) is 6.07. The van der Waals surface area contributed by atoms with Gasteiger partial charge in [-0.05, 0) is 43.3 Å². The smallest absolute Gasteiger partial charge is 0.260 e. The Morgan fingerprint density at radius 3 is 2.59 bits per heavy atom. The molecular formula is C25H25N3O4. The van der Waals surface area contributed by atoms with E-state index in [2.05, 4.69) is 10.3 Å². The van der Waals surface area contributed by atoms with Gasteiger partial charge in [-0.3, -0.25) is 19.5 Å². The van der Waals surface area contributed by atoms with Crippen molar-refractivity contribution in [1.29, 1.82) is 0 Å². The van der Waals surface area contributed by atoms with Gasteiger partial charge in [-0.2, -0.15) is 0 Å². The number of aryl methyl sites for hydroxylation is 1. The molecule has 1 atom stereocenters. The first-order valence-corrected chi connectivity index (χ1v) is 10.3. The molecule has 1 aliphatic rings. The zero-order chi connectivity index (χ0) is 22.7. The summed E-state index contributed by atoms with van der Waals surface area (Å²) in [6.07, 6.45) is 1.75. The van der Waals surface area contributed by atoms with Crippen molar-refractivity contribution in [2.24, 2.45) is 0 Å². The van der Waals surface area contributed by atoms with E-state index >= 15 is 0 Å². The third-order valence-corrected chi connectivity index (χ3v) is 5.58. The molecular weight excluding hydrogens is 406 g/mol. The van der Waals surface area contributed by atoms with Crippen LogP contribution in [0.4, 0.5) is 5.69 Å². The highest BCUT2D eigenvalue weighted by Crippen LogP contribution is 2.38. The molecule has 0 bridgehead atoms. The standard InChI is InChI=1S/C25H25N3O4/c1-16-6-9-18(10-7-16)28-21(24-20(25(28)30)5-4-12-26-24)14-23(29)27-15-17-8-11-19(31-2)13-22(17)32-3/h4-13,21H,14-15H2,1-3H3,(H,27,29). The van der Waals surface area contributed by atoms with Gasteiger partial charge in [0, 0.05) is 30.1 Å². The van der Waals surface area contributed by atoms with Gasteiger partial charge < -0.3 is 14.8 Å². The molecule has 1 aliphatic heterocycles. The van der Waals surface area contributed by atoms with E-state index in [4.69, 9.17) is 9.47 Å². The molecule has 2 amide bonds. The van der Waals surface area contributed by atoms with Gasteiger partial charge in [-0.25, -0.2) is 0 Å². The topological polar surface area (TPSA) is 80.8 Å². The number of benzene rings is 2. The fraction of sp³-hybridized carbons (Fsp3) is 0.240. The van der Waals surface area contributed by atoms with E-state index in [0.29, 0.717) is 29.3 Å². The summed E-state index contributed by atoms with van der Waals surface area (Å²) in [5, 5.41) is 2.94. The summed E-state index contributed by atoms with van der Waals surface area (Å²) in [4.78, 5) is 32.1. The molecule has 32 heavy (non-hydrogen) atoms. The van der Waals surface area contributed by atoms with Gasteiger partial charge in [-0.15, -0.1) is 0 Å². The van der Waals surface area contributed by atoms with Crippen molar-refractivity contribution in [2.75, 3.05) is 19.1 Å². The van der Waals surface area contributed by atoms with Crippen molar-refractivity contribution >= 4 is 17.5 Å². The first kappa shape index (κ1) is 21.4. The first-order valence-electron chi connectivity index (χ1n) is 10.3. The Labute approximate surface area is 187 Å². The second-order valence-corrected chi connectivity index (χ2v) is 7.62. The molecule has 1 unspecified atom stereocenters. The molecule has 1 aromatic heterocycles. The van der Waals surface area contributed by atoms with E-state index in [-0.39, 0.29) is 18.2 Å². The summed E-state index contributed by atoms with van der Waals surface area (Å²) in [6, 6.07) is 16.2. The minimum atomic E-state index is -0.473. The Morgan fingerprint density at radius 2 is 1.88 bits per heavy atom. The monoisotopic (exact) mass is 431 g/mol. The average Bonchev–Trinajstić information content (AvgIpc) is 3.09. The predicted molar refractivity (Wildman–Crippen MR) is 121 cm³/mol. The summed E-state index contributed by atoms with van der Waals surface area (Å²) in [7, 11) is 3.16. The number of hydrogen-bond acceptors (Lipinski definition) is 5. The summed E-state index contributed by atoms with van der Waals surface area (Å²) in [5.74, 6) is 0.981. The average molecular weight is 431 g/mol. The lowest BCUT2D eigenvalue weighted by molar-refractivity contribution is -0.121. The molecule has 164 valence electrons. The van der Waals surface area contributed by atoms with Gasteiger partial charge in [0.25, 0.3) is 5.91 Å². The van der Waals surface area contributed by atoms with Crippen molar-refractivity contribution in [3.63, 3.8) is 0 Å². The minimum absolute atomic E-state index is 0.0993. The molecule has 0 fully saturated rings. The van der Waals surface area contributed by atoms with Crippen molar-refractivity contribution in [3.05, 3.63) is 83.2 Å². The van der Waals surface area contributed by atoms with Gasteiger partial charge in [0.1, 0.15) is 11.5 Å². The molecule has 7 nitrogen and oxygen atoms in total. The number of ether oxygens (including phenoxy) is 2. The zero-order valence-corrected chi connectivity index (χ0v) is 18.3. The van der Waals surface area contributed by atoms with Crippen LogP contribution in [0.5, 0.6) is 11.5 Å². The number of amides is 2. The maximum Gasteiger partial charge on any atom is 0.260 e. The van der Waals surface area contributed by atoms with E-state index in [9.17, 15) is 9.59 Å². The molecule has 0 radical (unpaired) electrons. The number of hydrogen-bond donors (Lipinski definition) is 1. The minimum Gasteiger partial charge on any atom is -0.497 e. The molecule has 4 rings (SSSR count). The Hall–Kier alpha value is -3.87. The highest BCUT2D eigenvalue weighted by atomic mass is 16.5. The quantitative estimate of drug-likeness (QED) is 0.615. The van der Waals surface area contributed by atoms with Gasteiger partial charge in [-0.1, -0.05) is 17.7 Å². The lowest BCUT2D eigenvalue weighted by Gasteiger charge is -2.25. The Bertz CT molecular complexity index is 1140. The fourth-order valence-corrected chi connectivity index (χ4v) is 3.89. The SMILES string of the molecule is COc1ccc(CNC(=O)CC2c3ncccc3C(=O)N2c2ccc(C)cc2)c(OC)c1. The van der Waals surface area contributed by atoms with E-state index in [0.717, 1.165) is 16.8 Å². The number of nitrogens with one attached hydrogen (secondary N) is 1. The number of methoxy groups -OCH3 is 2. The van der Waals surface area contributed by atoms with Gasteiger partial charge in [0.05, 0.1) is 37.9 Å². The van der Waals surface area contributed by atoms with E-state index in [1.807, 2.05) is 43.3 Å². The Morgan fingerprint density at radius 1 is 1.09 bits per heavy atom. The van der Waals surface area contributed by atoms with Crippen LogP contribution in [0.2, 0.25) is 0 Å². The maximum atomic E-state index is 13.1. The molecule has 0 saturated carbocycles. The van der Waals surface area contributed by atoms with Crippen LogP contribution in [0.25, 0.3) is 0 Å². The first-order chi connectivity index (χ1) is 15.5. The van der Waals surface area contributed by atoms with Crippen LogP contribution in [0.1, 0.15) is 39.6 Å². The number of carbonyl (C=O) groups excluding carboxylic acids is 2. The number of rotatable bonds is 7. The number of pyridine rings is 1. The number of fused-ring (bicyclic) bond motifs is 1. The maximum absolute atomic E-state index is 13.1. The van der Waals surface area contributed by atoms with Gasteiger partial charge >= 0.3 is 0 Å². The Balaban J connectivity index is 1.54. The molecule has 3 aromatic rings. The van der Waals surface area contributed by atoms with Crippen molar-refractivity contribution in [2.45, 2.75) is 25.9 Å². The summed E-state index contributed by atoms with van der Waals surface area (Å²) in [5.41, 5.74) is 3.82. The number of carbonyl (C=O) groups is 2. The zero-order valence-electron chi connectivity index (χ0n) is 18.3. The van der Waals surface area contributed by atoms with E-state index in [1.165, 1.54) is 0 Å². The highest BCUT2D eigenvalue weighted by Gasteiger charge is 2.39.